The number of ketones is 1. The Balaban J connectivity index is 1.28. The van der Waals surface area contributed by atoms with Crippen LogP contribution in [0.3, 0.4) is 0 Å². The maximum atomic E-state index is 13.0. The molecule has 8 heteroatoms. The van der Waals surface area contributed by atoms with Gasteiger partial charge in [0.05, 0.1) is 12.2 Å². The first-order valence-electron chi connectivity index (χ1n) is 10.7. The summed E-state index contributed by atoms with van der Waals surface area (Å²) in [4.78, 5) is 13.0. The summed E-state index contributed by atoms with van der Waals surface area (Å²) in [7, 11) is 0. The predicted molar refractivity (Wildman–Crippen MR) is 125 cm³/mol. The summed E-state index contributed by atoms with van der Waals surface area (Å²) in [5.41, 5.74) is 4.56. The molecule has 0 fully saturated rings. The van der Waals surface area contributed by atoms with E-state index in [1.807, 2.05) is 68.4 Å². The Labute approximate surface area is 195 Å². The van der Waals surface area contributed by atoms with Gasteiger partial charge in [0.1, 0.15) is 13.2 Å². The number of hydrogen-bond acceptors (Lipinski definition) is 7. The van der Waals surface area contributed by atoms with Crippen LogP contribution in [0.5, 0.6) is 11.5 Å². The van der Waals surface area contributed by atoms with E-state index in [-0.39, 0.29) is 11.5 Å². The minimum absolute atomic E-state index is 0.0136. The smallest absolute Gasteiger partial charge is 0.277 e. The lowest BCUT2D eigenvalue weighted by atomic mass is 10.2. The number of aryl methyl sites for hydroxylation is 1. The summed E-state index contributed by atoms with van der Waals surface area (Å²) in [6, 6.07) is 17.7. The molecule has 0 N–H and O–H groups in total. The molecule has 0 atom stereocenters. The third-order valence-electron chi connectivity index (χ3n) is 5.49. The highest BCUT2D eigenvalue weighted by Crippen LogP contribution is 2.33. The van der Waals surface area contributed by atoms with Gasteiger partial charge in [-0.2, -0.15) is 0 Å². The number of fused-ring (bicyclic) bond motifs is 1. The number of thioether (sulfide) groups is 1. The average molecular weight is 462 g/mol. The second kappa shape index (κ2) is 9.15. The molecule has 5 rings (SSSR count). The first-order valence-corrected chi connectivity index (χ1v) is 11.7. The Morgan fingerprint density at radius 3 is 2.61 bits per heavy atom. The highest BCUT2D eigenvalue weighted by atomic mass is 32.2. The Kier molecular flexibility index (Phi) is 5.92. The number of rotatable bonds is 7. The van der Waals surface area contributed by atoms with Gasteiger partial charge in [-0.15, -0.1) is 10.2 Å². The Morgan fingerprint density at radius 1 is 1.00 bits per heavy atom. The third-order valence-corrected chi connectivity index (χ3v) is 6.31. The van der Waals surface area contributed by atoms with Crippen LogP contribution < -0.4 is 9.47 Å². The molecule has 0 aliphatic carbocycles. The van der Waals surface area contributed by atoms with Crippen LogP contribution in [0.15, 0.2) is 64.2 Å². The summed E-state index contributed by atoms with van der Waals surface area (Å²) >= 11 is 1.26. The van der Waals surface area contributed by atoms with Gasteiger partial charge in [0.15, 0.2) is 17.3 Å². The molecule has 0 amide bonds. The molecule has 1 aliphatic heterocycles. The molecule has 4 aromatic rings. The third kappa shape index (κ3) is 4.52. The van der Waals surface area contributed by atoms with Gasteiger partial charge < -0.3 is 18.5 Å². The summed E-state index contributed by atoms with van der Waals surface area (Å²) in [6.07, 6.45) is 0.568. The molecule has 33 heavy (non-hydrogen) atoms. The largest absolute Gasteiger partial charge is 0.486 e. The van der Waals surface area contributed by atoms with Crippen LogP contribution in [0.4, 0.5) is 0 Å². The first kappa shape index (κ1) is 21.3. The van der Waals surface area contributed by atoms with E-state index in [4.69, 9.17) is 13.9 Å². The van der Waals surface area contributed by atoms with Crippen LogP contribution in [0, 0.1) is 13.8 Å². The summed E-state index contributed by atoms with van der Waals surface area (Å²) in [6.45, 7) is 5.02. The number of carbonyl (C=O) groups excluding carboxylic acids is 1. The van der Waals surface area contributed by atoms with Crippen molar-refractivity contribution in [3.63, 3.8) is 0 Å². The molecule has 3 heterocycles. The van der Waals surface area contributed by atoms with E-state index in [1.165, 1.54) is 11.8 Å². The van der Waals surface area contributed by atoms with Crippen molar-refractivity contribution >= 4 is 17.5 Å². The number of ether oxygens (including phenoxy) is 2. The van der Waals surface area contributed by atoms with Crippen LogP contribution in [0.1, 0.15) is 33.2 Å². The summed E-state index contributed by atoms with van der Waals surface area (Å²) < 4.78 is 19.1. The molecule has 7 nitrogen and oxygen atoms in total. The topological polar surface area (TPSA) is 79.4 Å². The monoisotopic (exact) mass is 461 g/mol. The Bertz CT molecular complexity index is 1300. The molecule has 0 unspecified atom stereocenters. The molecule has 2 aromatic carbocycles. The van der Waals surface area contributed by atoms with Crippen LogP contribution in [0.2, 0.25) is 0 Å². The van der Waals surface area contributed by atoms with Crippen molar-refractivity contribution in [2.45, 2.75) is 25.5 Å². The van der Waals surface area contributed by atoms with Gasteiger partial charge in [-0.1, -0.05) is 42.1 Å². The fourth-order valence-corrected chi connectivity index (χ4v) is 4.62. The van der Waals surface area contributed by atoms with Crippen molar-refractivity contribution in [3.8, 4) is 17.2 Å². The van der Waals surface area contributed by atoms with Gasteiger partial charge in [0.2, 0.25) is 5.89 Å². The minimum atomic E-state index is 0.0136. The highest BCUT2D eigenvalue weighted by Gasteiger charge is 2.20. The van der Waals surface area contributed by atoms with Crippen LogP contribution in [-0.2, 0) is 6.42 Å². The highest BCUT2D eigenvalue weighted by molar-refractivity contribution is 7.99. The van der Waals surface area contributed by atoms with Crippen molar-refractivity contribution in [2.75, 3.05) is 19.0 Å². The van der Waals surface area contributed by atoms with E-state index in [2.05, 4.69) is 14.8 Å². The lowest BCUT2D eigenvalue weighted by Gasteiger charge is -2.20. The van der Waals surface area contributed by atoms with Gasteiger partial charge in [-0.25, -0.2) is 0 Å². The van der Waals surface area contributed by atoms with E-state index in [0.717, 1.165) is 34.1 Å². The fraction of sp³-hybridized carbons (Fsp3) is 0.240. The maximum Gasteiger partial charge on any atom is 0.277 e. The van der Waals surface area contributed by atoms with Gasteiger partial charge in [0, 0.05) is 28.7 Å². The standard InChI is InChI=1S/C25H23N3O4S/c1-16-12-20(17(2)28(16)19-8-9-22-23(14-19)31-11-10-30-22)21(29)15-33-25-27-26-24(32-25)13-18-6-4-3-5-7-18/h3-9,12,14H,10-11,13,15H2,1-2H3. The minimum Gasteiger partial charge on any atom is -0.486 e. The Morgan fingerprint density at radius 2 is 1.79 bits per heavy atom. The molecule has 0 saturated carbocycles. The predicted octanol–water partition coefficient (Wildman–Crippen LogP) is 4.81. The van der Waals surface area contributed by atoms with Crippen molar-refractivity contribution in [1.82, 2.24) is 14.8 Å². The first-order chi connectivity index (χ1) is 16.1. The molecule has 0 radical (unpaired) electrons. The van der Waals surface area contributed by atoms with Crippen molar-refractivity contribution in [3.05, 3.63) is 83.0 Å². The van der Waals surface area contributed by atoms with Crippen LogP contribution in [-0.4, -0.2) is 39.5 Å². The number of benzene rings is 2. The SMILES string of the molecule is Cc1cc(C(=O)CSc2nnc(Cc3ccccc3)o2)c(C)n1-c1ccc2c(c1)OCCO2. The molecular weight excluding hydrogens is 438 g/mol. The van der Waals surface area contributed by atoms with Gasteiger partial charge in [0.25, 0.3) is 5.22 Å². The molecule has 0 spiro atoms. The van der Waals surface area contributed by atoms with E-state index >= 15 is 0 Å². The molecule has 0 bridgehead atoms. The van der Waals surface area contributed by atoms with Gasteiger partial charge in [-0.3, -0.25) is 4.79 Å². The second-order valence-corrected chi connectivity index (χ2v) is 8.71. The average Bonchev–Trinajstić information content (AvgIpc) is 3.41. The second-order valence-electron chi connectivity index (χ2n) is 7.78. The van der Waals surface area contributed by atoms with E-state index in [0.29, 0.717) is 36.3 Å². The fourth-order valence-electron chi connectivity index (χ4n) is 3.96. The molecule has 168 valence electrons. The molecule has 2 aromatic heterocycles. The van der Waals surface area contributed by atoms with E-state index in [1.54, 1.807) is 0 Å². The number of nitrogens with zero attached hydrogens (tertiary/aromatic N) is 3. The number of aromatic nitrogens is 3. The lowest BCUT2D eigenvalue weighted by molar-refractivity contribution is 0.102. The zero-order chi connectivity index (χ0) is 22.8. The van der Waals surface area contributed by atoms with Gasteiger partial charge in [-0.05, 0) is 37.6 Å². The normalized spacial score (nSPS) is 12.7. The Hall–Kier alpha value is -3.52. The van der Waals surface area contributed by atoms with Gasteiger partial charge >= 0.3 is 0 Å². The molecular formula is C25H23N3O4S. The van der Waals surface area contributed by atoms with Crippen molar-refractivity contribution in [2.24, 2.45) is 0 Å². The summed E-state index contributed by atoms with van der Waals surface area (Å²) in [5, 5.41) is 8.57. The van der Waals surface area contributed by atoms with E-state index in [9.17, 15) is 4.79 Å². The zero-order valence-electron chi connectivity index (χ0n) is 18.4. The number of Topliss-reactive ketones (excluding diaryl/α,β-unsaturated/α-hetero) is 1. The van der Waals surface area contributed by atoms with Crippen LogP contribution >= 0.6 is 11.8 Å². The van der Waals surface area contributed by atoms with Crippen LogP contribution in [0.25, 0.3) is 5.69 Å². The van der Waals surface area contributed by atoms with Crippen molar-refractivity contribution < 1.29 is 18.7 Å². The lowest BCUT2D eigenvalue weighted by Crippen LogP contribution is -2.15. The van der Waals surface area contributed by atoms with E-state index < -0.39 is 0 Å². The van der Waals surface area contributed by atoms with Crippen molar-refractivity contribution in [1.29, 1.82) is 0 Å². The summed E-state index contributed by atoms with van der Waals surface area (Å²) in [5.74, 6) is 2.23. The molecule has 0 saturated heterocycles. The zero-order valence-corrected chi connectivity index (χ0v) is 19.2. The quantitative estimate of drug-likeness (QED) is 0.288. The maximum absolute atomic E-state index is 13.0. The number of hydrogen-bond donors (Lipinski definition) is 0. The number of carbonyl (C=O) groups is 1. The molecule has 1 aliphatic rings.